The number of thioether (sulfide) groups is 1. The number of hydrogen-bond acceptors (Lipinski definition) is 5. The number of anilines is 1. The minimum absolute atomic E-state index is 0.172. The van der Waals surface area contributed by atoms with Gasteiger partial charge in [0.05, 0.1) is 6.61 Å². The molecule has 1 rings (SSSR count). The maximum Gasteiger partial charge on any atom is 0.223 e. The average Bonchev–Trinajstić information content (AvgIpc) is 2.16. The summed E-state index contributed by atoms with van der Waals surface area (Å²) in [6.07, 6.45) is 1.71. The summed E-state index contributed by atoms with van der Waals surface area (Å²) in [5.74, 6) is 1.31. The molecule has 0 atom stereocenters. The summed E-state index contributed by atoms with van der Waals surface area (Å²) >= 11 is 1.52. The average molecular weight is 199 g/mol. The summed E-state index contributed by atoms with van der Waals surface area (Å²) in [4.78, 5) is 8.27. The van der Waals surface area contributed by atoms with Crippen molar-refractivity contribution in [3.05, 3.63) is 12.3 Å². The molecule has 1 aromatic rings. The maximum atomic E-state index is 8.62. The van der Waals surface area contributed by atoms with E-state index in [2.05, 4.69) is 15.3 Å². The van der Waals surface area contributed by atoms with Gasteiger partial charge in [-0.05, 0) is 13.0 Å². The van der Waals surface area contributed by atoms with Crippen LogP contribution in [-0.4, -0.2) is 34.0 Å². The predicted octanol–water partition coefficient (Wildman–Crippen LogP) is 0.993. The Morgan fingerprint density at radius 1 is 1.62 bits per heavy atom. The Balaban J connectivity index is 2.56. The predicted molar refractivity (Wildman–Crippen MR) is 54.0 cm³/mol. The van der Waals surface area contributed by atoms with Crippen LogP contribution < -0.4 is 5.32 Å². The lowest BCUT2D eigenvalue weighted by Crippen LogP contribution is -2.02. The Morgan fingerprint density at radius 3 is 3.15 bits per heavy atom. The Hall–Kier alpha value is -0.810. The van der Waals surface area contributed by atoms with Crippen molar-refractivity contribution in [2.45, 2.75) is 11.9 Å². The molecule has 0 aliphatic rings. The zero-order valence-electron chi connectivity index (χ0n) is 7.53. The van der Waals surface area contributed by atoms with Crippen molar-refractivity contribution in [2.24, 2.45) is 0 Å². The van der Waals surface area contributed by atoms with Gasteiger partial charge in [-0.15, -0.1) is 11.8 Å². The van der Waals surface area contributed by atoms with Crippen LogP contribution in [0.3, 0.4) is 0 Å². The van der Waals surface area contributed by atoms with Gasteiger partial charge in [0, 0.05) is 18.5 Å². The molecule has 0 spiro atoms. The summed E-state index contributed by atoms with van der Waals surface area (Å²) in [7, 11) is 0. The first kappa shape index (κ1) is 10.3. The van der Waals surface area contributed by atoms with Crippen molar-refractivity contribution in [1.82, 2.24) is 9.97 Å². The first-order valence-electron chi connectivity index (χ1n) is 4.17. The lowest BCUT2D eigenvalue weighted by molar-refractivity contribution is 0.322. The largest absolute Gasteiger partial charge is 0.396 e. The molecule has 0 aromatic carbocycles. The fourth-order valence-corrected chi connectivity index (χ4v) is 1.42. The van der Waals surface area contributed by atoms with Gasteiger partial charge in [-0.3, -0.25) is 0 Å². The van der Waals surface area contributed by atoms with Crippen molar-refractivity contribution in [2.75, 3.05) is 24.2 Å². The lowest BCUT2D eigenvalue weighted by Gasteiger charge is -2.02. The van der Waals surface area contributed by atoms with Crippen molar-refractivity contribution in [3.8, 4) is 0 Å². The molecule has 0 saturated heterocycles. The molecule has 0 aliphatic carbocycles. The van der Waals surface area contributed by atoms with Gasteiger partial charge in [0.1, 0.15) is 5.03 Å². The molecule has 0 unspecified atom stereocenters. The molecule has 13 heavy (non-hydrogen) atoms. The third-order valence-corrected chi connectivity index (χ3v) is 2.22. The number of aromatic nitrogens is 2. The van der Waals surface area contributed by atoms with Gasteiger partial charge in [-0.2, -0.15) is 0 Å². The molecule has 0 bridgehead atoms. The van der Waals surface area contributed by atoms with Crippen molar-refractivity contribution in [1.29, 1.82) is 0 Å². The first-order chi connectivity index (χ1) is 6.36. The normalized spacial score (nSPS) is 10.0. The molecule has 4 nitrogen and oxygen atoms in total. The van der Waals surface area contributed by atoms with Crippen LogP contribution in [0, 0.1) is 0 Å². The molecular weight excluding hydrogens is 186 g/mol. The number of nitrogens with zero attached hydrogens (tertiary/aromatic N) is 2. The monoisotopic (exact) mass is 199 g/mol. The van der Waals surface area contributed by atoms with Gasteiger partial charge in [0.25, 0.3) is 0 Å². The zero-order valence-corrected chi connectivity index (χ0v) is 8.34. The lowest BCUT2D eigenvalue weighted by atomic mass is 10.6. The van der Waals surface area contributed by atoms with Crippen LogP contribution in [0.5, 0.6) is 0 Å². The van der Waals surface area contributed by atoms with E-state index in [4.69, 9.17) is 5.11 Å². The van der Waals surface area contributed by atoms with E-state index >= 15 is 0 Å². The molecule has 1 aromatic heterocycles. The van der Waals surface area contributed by atoms with E-state index in [-0.39, 0.29) is 6.61 Å². The molecule has 0 radical (unpaired) electrons. The highest BCUT2D eigenvalue weighted by Crippen LogP contribution is 2.14. The quantitative estimate of drug-likeness (QED) is 0.547. The van der Waals surface area contributed by atoms with Gasteiger partial charge in [0.2, 0.25) is 5.95 Å². The van der Waals surface area contributed by atoms with Gasteiger partial charge < -0.3 is 10.4 Å². The van der Waals surface area contributed by atoms with E-state index in [1.165, 1.54) is 11.8 Å². The fourth-order valence-electron chi connectivity index (χ4n) is 0.816. The zero-order chi connectivity index (χ0) is 9.52. The number of nitrogens with one attached hydrogen (secondary N) is 1. The summed E-state index contributed by atoms with van der Waals surface area (Å²) < 4.78 is 0. The SMILES string of the molecule is CCNc1nccc(SCCO)n1. The molecule has 2 N–H and O–H groups in total. The van der Waals surface area contributed by atoms with E-state index in [9.17, 15) is 0 Å². The van der Waals surface area contributed by atoms with Gasteiger partial charge in [-0.1, -0.05) is 0 Å². The van der Waals surface area contributed by atoms with Gasteiger partial charge >= 0.3 is 0 Å². The van der Waals surface area contributed by atoms with Gasteiger partial charge in [0.15, 0.2) is 0 Å². The Kier molecular flexibility index (Phi) is 4.56. The minimum atomic E-state index is 0.172. The van der Waals surface area contributed by atoms with E-state index in [0.29, 0.717) is 11.7 Å². The first-order valence-corrected chi connectivity index (χ1v) is 5.16. The molecule has 72 valence electrons. The van der Waals surface area contributed by atoms with Crippen molar-refractivity contribution < 1.29 is 5.11 Å². The van der Waals surface area contributed by atoms with Crippen molar-refractivity contribution in [3.63, 3.8) is 0 Å². The molecular formula is C8H13N3OS. The minimum Gasteiger partial charge on any atom is -0.396 e. The van der Waals surface area contributed by atoms with Gasteiger partial charge in [-0.25, -0.2) is 9.97 Å². The smallest absolute Gasteiger partial charge is 0.223 e. The van der Waals surface area contributed by atoms with Crippen LogP contribution in [0.1, 0.15) is 6.92 Å². The standard InChI is InChI=1S/C8H13N3OS/c1-2-9-8-10-4-3-7(11-8)13-6-5-12/h3-4,12H,2,5-6H2,1H3,(H,9,10,11). The van der Waals surface area contributed by atoms with Crippen LogP contribution in [0.4, 0.5) is 5.95 Å². The third kappa shape index (κ3) is 3.61. The number of aliphatic hydroxyl groups is 1. The summed E-state index contributed by atoms with van der Waals surface area (Å²) in [5.41, 5.74) is 0. The molecule has 0 aliphatic heterocycles. The second-order valence-corrected chi connectivity index (χ2v) is 3.44. The summed E-state index contributed by atoms with van der Waals surface area (Å²) in [5, 5.41) is 12.5. The second-order valence-electron chi connectivity index (χ2n) is 2.32. The number of rotatable bonds is 5. The Morgan fingerprint density at radius 2 is 2.46 bits per heavy atom. The third-order valence-electron chi connectivity index (χ3n) is 1.31. The van der Waals surface area contributed by atoms with Crippen LogP contribution in [0.2, 0.25) is 0 Å². The van der Waals surface area contributed by atoms with E-state index in [1.807, 2.05) is 13.0 Å². The Labute approximate surface area is 81.8 Å². The van der Waals surface area contributed by atoms with Crippen LogP contribution in [0.15, 0.2) is 17.3 Å². The second kappa shape index (κ2) is 5.77. The van der Waals surface area contributed by atoms with E-state index < -0.39 is 0 Å². The molecule has 0 saturated carbocycles. The highest BCUT2D eigenvalue weighted by Gasteiger charge is 1.97. The molecule has 0 fully saturated rings. The highest BCUT2D eigenvalue weighted by atomic mass is 32.2. The van der Waals surface area contributed by atoms with E-state index in [0.717, 1.165) is 11.6 Å². The molecule has 0 amide bonds. The highest BCUT2D eigenvalue weighted by molar-refractivity contribution is 7.99. The van der Waals surface area contributed by atoms with E-state index in [1.54, 1.807) is 6.20 Å². The molecule has 1 heterocycles. The Bertz CT molecular complexity index is 257. The topological polar surface area (TPSA) is 58.0 Å². The van der Waals surface area contributed by atoms with Crippen LogP contribution in [-0.2, 0) is 0 Å². The summed E-state index contributed by atoms with van der Waals surface area (Å²) in [6, 6.07) is 1.83. The fraction of sp³-hybridized carbons (Fsp3) is 0.500. The van der Waals surface area contributed by atoms with Crippen molar-refractivity contribution >= 4 is 17.7 Å². The van der Waals surface area contributed by atoms with Crippen LogP contribution in [0.25, 0.3) is 0 Å². The number of hydrogen-bond donors (Lipinski definition) is 2. The maximum absolute atomic E-state index is 8.62. The summed E-state index contributed by atoms with van der Waals surface area (Å²) in [6.45, 7) is 2.98. The number of aliphatic hydroxyl groups excluding tert-OH is 1. The van der Waals surface area contributed by atoms with Crippen LogP contribution >= 0.6 is 11.8 Å². The molecule has 5 heteroatoms.